The number of likely N-dealkylation sites (tertiary alicyclic amines) is 1. The molecule has 0 aliphatic carbocycles. The van der Waals surface area contributed by atoms with Gasteiger partial charge in [0, 0.05) is 29.6 Å². The Morgan fingerprint density at radius 2 is 2.15 bits per heavy atom. The molecule has 1 N–H and O–H groups in total. The Morgan fingerprint density at radius 1 is 1.40 bits per heavy atom. The van der Waals surface area contributed by atoms with Gasteiger partial charge in [-0.1, -0.05) is 6.07 Å². The molecule has 2 fully saturated rings. The summed E-state index contributed by atoms with van der Waals surface area (Å²) in [5.74, 6) is 1.31. The van der Waals surface area contributed by atoms with Crippen LogP contribution in [-0.4, -0.2) is 36.0 Å². The third-order valence-corrected chi connectivity index (χ3v) is 5.62. The number of benzene rings is 1. The third kappa shape index (κ3) is 2.09. The van der Waals surface area contributed by atoms with E-state index in [1.165, 1.54) is 0 Å². The highest BCUT2D eigenvalue weighted by atomic mass is 79.9. The summed E-state index contributed by atoms with van der Waals surface area (Å²) in [5.41, 5.74) is 1.86. The van der Waals surface area contributed by atoms with E-state index in [4.69, 9.17) is 0 Å². The number of rotatable bonds is 1. The van der Waals surface area contributed by atoms with Gasteiger partial charge in [0.1, 0.15) is 0 Å². The van der Waals surface area contributed by atoms with Crippen LogP contribution in [0.3, 0.4) is 0 Å². The number of nitrogens with zero attached hydrogens (tertiary/aromatic N) is 1. The molecule has 1 amide bonds. The van der Waals surface area contributed by atoms with E-state index in [2.05, 4.69) is 40.0 Å². The molecule has 2 atom stereocenters. The van der Waals surface area contributed by atoms with Gasteiger partial charge in [-0.3, -0.25) is 4.79 Å². The molecule has 0 aromatic heterocycles. The van der Waals surface area contributed by atoms with Gasteiger partial charge in [-0.15, -0.1) is 0 Å². The molecular weight excluding hydrogens is 316 g/mol. The van der Waals surface area contributed by atoms with Gasteiger partial charge < -0.3 is 10.2 Å². The van der Waals surface area contributed by atoms with E-state index in [9.17, 15) is 4.79 Å². The number of carbonyl (C=O) groups is 1. The molecule has 108 valence electrons. The second kappa shape index (κ2) is 4.85. The number of fused-ring (bicyclic) bond motifs is 1. The molecule has 2 saturated heterocycles. The van der Waals surface area contributed by atoms with Crippen molar-refractivity contribution in [3.05, 3.63) is 33.8 Å². The normalized spacial score (nSPS) is 27.7. The lowest BCUT2D eigenvalue weighted by molar-refractivity contribution is 0.0602. The van der Waals surface area contributed by atoms with E-state index < -0.39 is 0 Å². The molecule has 0 radical (unpaired) electrons. The van der Waals surface area contributed by atoms with Crippen molar-refractivity contribution in [2.75, 3.05) is 19.6 Å². The molecule has 4 heteroatoms. The Labute approximate surface area is 128 Å². The van der Waals surface area contributed by atoms with Crippen LogP contribution < -0.4 is 5.32 Å². The second-order valence-electron chi connectivity index (χ2n) is 6.58. The summed E-state index contributed by atoms with van der Waals surface area (Å²) in [6, 6.07) is 5.95. The first-order chi connectivity index (χ1) is 9.41. The van der Waals surface area contributed by atoms with Crippen LogP contribution in [-0.2, 0) is 0 Å². The van der Waals surface area contributed by atoms with Gasteiger partial charge in [-0.2, -0.15) is 0 Å². The van der Waals surface area contributed by atoms with E-state index in [0.717, 1.165) is 35.2 Å². The Balaban J connectivity index is 1.91. The minimum Gasteiger partial charge on any atom is -0.333 e. The number of halogens is 1. The number of hydrogen-bond acceptors (Lipinski definition) is 2. The van der Waals surface area contributed by atoms with Crippen molar-refractivity contribution in [2.24, 2.45) is 11.8 Å². The summed E-state index contributed by atoms with van der Waals surface area (Å²) in [6.07, 6.45) is 0. The lowest BCUT2D eigenvalue weighted by Crippen LogP contribution is -2.47. The SMILES string of the molecule is Cc1ccc(C(=O)N2CC3CNCC3C2(C)C)c(Br)c1. The number of aryl methyl sites for hydroxylation is 1. The second-order valence-corrected chi connectivity index (χ2v) is 7.43. The fraction of sp³-hybridized carbons (Fsp3) is 0.562. The summed E-state index contributed by atoms with van der Waals surface area (Å²) >= 11 is 3.53. The summed E-state index contributed by atoms with van der Waals surface area (Å²) < 4.78 is 0.897. The van der Waals surface area contributed by atoms with Crippen molar-refractivity contribution in [1.82, 2.24) is 10.2 Å². The minimum atomic E-state index is -0.0738. The molecule has 3 rings (SSSR count). The minimum absolute atomic E-state index is 0.0738. The molecule has 1 aromatic rings. The molecule has 2 aliphatic heterocycles. The molecule has 2 heterocycles. The molecule has 20 heavy (non-hydrogen) atoms. The van der Waals surface area contributed by atoms with Gasteiger partial charge in [0.05, 0.1) is 5.56 Å². The first-order valence-corrected chi connectivity index (χ1v) is 7.99. The average Bonchev–Trinajstić information content (AvgIpc) is 2.91. The van der Waals surface area contributed by atoms with Gasteiger partial charge in [0.15, 0.2) is 0 Å². The van der Waals surface area contributed by atoms with Crippen molar-refractivity contribution >= 4 is 21.8 Å². The Kier molecular flexibility index (Phi) is 3.41. The standard InChI is InChI=1S/C16H21BrN2O/c1-10-4-5-12(14(17)6-10)15(20)19-9-11-7-18-8-13(11)16(19,2)3/h4-6,11,13,18H,7-9H2,1-3H3. The van der Waals surface area contributed by atoms with Gasteiger partial charge in [0.2, 0.25) is 0 Å². The zero-order valence-electron chi connectivity index (χ0n) is 12.2. The third-order valence-electron chi connectivity index (χ3n) is 4.96. The average molecular weight is 337 g/mol. The largest absolute Gasteiger partial charge is 0.333 e. The van der Waals surface area contributed by atoms with E-state index >= 15 is 0 Å². The number of amides is 1. The molecule has 0 saturated carbocycles. The van der Waals surface area contributed by atoms with Gasteiger partial charge in [-0.05, 0) is 66.2 Å². The summed E-state index contributed by atoms with van der Waals surface area (Å²) in [4.78, 5) is 15.0. The van der Waals surface area contributed by atoms with Gasteiger partial charge in [-0.25, -0.2) is 0 Å². The summed E-state index contributed by atoms with van der Waals surface area (Å²) in [5, 5.41) is 3.45. The van der Waals surface area contributed by atoms with Crippen LogP contribution >= 0.6 is 15.9 Å². The predicted molar refractivity (Wildman–Crippen MR) is 83.8 cm³/mol. The maximum Gasteiger partial charge on any atom is 0.255 e. The maximum atomic E-state index is 12.9. The van der Waals surface area contributed by atoms with Crippen LogP contribution in [0.2, 0.25) is 0 Å². The smallest absolute Gasteiger partial charge is 0.255 e. The zero-order valence-corrected chi connectivity index (χ0v) is 13.8. The number of hydrogen-bond donors (Lipinski definition) is 1. The van der Waals surface area contributed by atoms with Crippen LogP contribution in [0.25, 0.3) is 0 Å². The van der Waals surface area contributed by atoms with Gasteiger partial charge in [0.25, 0.3) is 5.91 Å². The predicted octanol–water partition coefficient (Wildman–Crippen LogP) is 2.83. The van der Waals surface area contributed by atoms with Crippen LogP contribution in [0.4, 0.5) is 0 Å². The molecule has 1 aromatic carbocycles. The van der Waals surface area contributed by atoms with Crippen LogP contribution in [0.5, 0.6) is 0 Å². The van der Waals surface area contributed by atoms with Crippen LogP contribution in [0.1, 0.15) is 29.8 Å². The van der Waals surface area contributed by atoms with Crippen LogP contribution in [0, 0.1) is 18.8 Å². The summed E-state index contributed by atoms with van der Waals surface area (Å²) in [6.45, 7) is 9.36. The first-order valence-electron chi connectivity index (χ1n) is 7.20. The quantitative estimate of drug-likeness (QED) is 0.855. The molecular formula is C16H21BrN2O. The highest BCUT2D eigenvalue weighted by Crippen LogP contribution is 2.41. The van der Waals surface area contributed by atoms with Crippen LogP contribution in [0.15, 0.2) is 22.7 Å². The van der Waals surface area contributed by atoms with Crippen molar-refractivity contribution in [3.8, 4) is 0 Å². The summed E-state index contributed by atoms with van der Waals surface area (Å²) in [7, 11) is 0. The Hall–Kier alpha value is -0.870. The van der Waals surface area contributed by atoms with Crippen molar-refractivity contribution in [3.63, 3.8) is 0 Å². The van der Waals surface area contributed by atoms with E-state index in [-0.39, 0.29) is 11.4 Å². The number of nitrogens with one attached hydrogen (secondary N) is 1. The van der Waals surface area contributed by atoms with E-state index in [0.29, 0.717) is 11.8 Å². The lowest BCUT2D eigenvalue weighted by atomic mass is 9.84. The molecule has 3 nitrogen and oxygen atoms in total. The highest BCUT2D eigenvalue weighted by Gasteiger charge is 2.51. The van der Waals surface area contributed by atoms with E-state index in [1.807, 2.05) is 25.1 Å². The fourth-order valence-electron chi connectivity index (χ4n) is 3.71. The topological polar surface area (TPSA) is 32.3 Å². The fourth-order valence-corrected chi connectivity index (χ4v) is 4.37. The molecule has 0 bridgehead atoms. The number of carbonyl (C=O) groups excluding carboxylic acids is 1. The molecule has 0 spiro atoms. The van der Waals surface area contributed by atoms with E-state index in [1.54, 1.807) is 0 Å². The lowest BCUT2D eigenvalue weighted by Gasteiger charge is -2.36. The van der Waals surface area contributed by atoms with Crippen molar-refractivity contribution < 1.29 is 4.79 Å². The van der Waals surface area contributed by atoms with Gasteiger partial charge >= 0.3 is 0 Å². The zero-order chi connectivity index (χ0) is 14.5. The maximum absolute atomic E-state index is 12.9. The first kappa shape index (κ1) is 14.1. The Morgan fingerprint density at radius 3 is 2.80 bits per heavy atom. The molecule has 2 unspecified atom stereocenters. The highest BCUT2D eigenvalue weighted by molar-refractivity contribution is 9.10. The van der Waals surface area contributed by atoms with Crippen molar-refractivity contribution in [1.29, 1.82) is 0 Å². The van der Waals surface area contributed by atoms with Crippen molar-refractivity contribution in [2.45, 2.75) is 26.3 Å². The molecule has 2 aliphatic rings. The monoisotopic (exact) mass is 336 g/mol. The Bertz CT molecular complexity index is 555.